The van der Waals surface area contributed by atoms with Gasteiger partial charge in [-0.25, -0.2) is 9.69 Å². The standard InChI is InChI=1S/C18H11Br3N2O4/c1-8-4-11(2-3-13(8)20)23-17(26)12(16(25)22-18(23)27)6-9-5-10(19)7-14(21)15(9)24/h2-7,24H,1H3,(H,22,25,27)/b12-6+. The van der Waals surface area contributed by atoms with Gasteiger partial charge in [0.15, 0.2) is 0 Å². The summed E-state index contributed by atoms with van der Waals surface area (Å²) in [5.41, 5.74) is 1.13. The van der Waals surface area contributed by atoms with Crippen LogP contribution in [0.1, 0.15) is 11.1 Å². The number of imide groups is 2. The van der Waals surface area contributed by atoms with Crippen LogP contribution < -0.4 is 10.2 Å². The Morgan fingerprint density at radius 2 is 1.74 bits per heavy atom. The lowest BCUT2D eigenvalue weighted by Gasteiger charge is -2.26. The molecule has 0 bridgehead atoms. The smallest absolute Gasteiger partial charge is 0.335 e. The lowest BCUT2D eigenvalue weighted by Crippen LogP contribution is -2.54. The maximum absolute atomic E-state index is 12.9. The molecule has 1 saturated heterocycles. The first kappa shape index (κ1) is 19.8. The normalized spacial score (nSPS) is 16.1. The molecular weight excluding hydrogens is 548 g/mol. The zero-order valence-electron chi connectivity index (χ0n) is 13.7. The van der Waals surface area contributed by atoms with Gasteiger partial charge in [-0.1, -0.05) is 31.9 Å². The molecule has 3 rings (SSSR count). The third kappa shape index (κ3) is 3.85. The highest BCUT2D eigenvalue weighted by atomic mass is 79.9. The molecule has 27 heavy (non-hydrogen) atoms. The van der Waals surface area contributed by atoms with Crippen molar-refractivity contribution in [2.45, 2.75) is 6.92 Å². The molecule has 0 spiro atoms. The molecule has 0 unspecified atom stereocenters. The second-order valence-corrected chi connectivity index (χ2v) is 8.34. The Morgan fingerprint density at radius 1 is 1.04 bits per heavy atom. The number of hydrogen-bond acceptors (Lipinski definition) is 4. The van der Waals surface area contributed by atoms with Crippen LogP contribution in [-0.2, 0) is 9.59 Å². The molecule has 2 aromatic carbocycles. The minimum Gasteiger partial charge on any atom is -0.506 e. The number of nitrogens with zero attached hydrogens (tertiary/aromatic N) is 1. The van der Waals surface area contributed by atoms with Crippen molar-refractivity contribution in [1.29, 1.82) is 0 Å². The van der Waals surface area contributed by atoms with Crippen molar-refractivity contribution in [3.8, 4) is 5.75 Å². The van der Waals surface area contributed by atoms with Crippen molar-refractivity contribution in [3.63, 3.8) is 0 Å². The monoisotopic (exact) mass is 556 g/mol. The van der Waals surface area contributed by atoms with E-state index in [1.807, 2.05) is 6.92 Å². The van der Waals surface area contributed by atoms with E-state index in [0.717, 1.165) is 14.9 Å². The molecule has 138 valence electrons. The number of hydrogen-bond donors (Lipinski definition) is 2. The molecule has 2 aromatic rings. The van der Waals surface area contributed by atoms with Gasteiger partial charge in [0.2, 0.25) is 0 Å². The number of amides is 4. The van der Waals surface area contributed by atoms with Crippen LogP contribution in [-0.4, -0.2) is 23.0 Å². The molecule has 0 radical (unpaired) electrons. The van der Waals surface area contributed by atoms with Gasteiger partial charge < -0.3 is 5.11 Å². The highest BCUT2D eigenvalue weighted by Crippen LogP contribution is 2.34. The van der Waals surface area contributed by atoms with E-state index in [1.54, 1.807) is 30.3 Å². The molecule has 9 heteroatoms. The molecule has 4 amide bonds. The highest BCUT2D eigenvalue weighted by molar-refractivity contribution is 9.11. The van der Waals surface area contributed by atoms with Gasteiger partial charge in [-0.05, 0) is 64.8 Å². The highest BCUT2D eigenvalue weighted by Gasteiger charge is 2.37. The van der Waals surface area contributed by atoms with Crippen LogP contribution in [0.5, 0.6) is 5.75 Å². The number of phenols is 1. The molecule has 0 saturated carbocycles. The summed E-state index contributed by atoms with van der Waals surface area (Å²) in [4.78, 5) is 38.3. The van der Waals surface area contributed by atoms with Gasteiger partial charge in [0, 0.05) is 14.5 Å². The van der Waals surface area contributed by atoms with E-state index < -0.39 is 17.8 Å². The molecular formula is C18H11Br3N2O4. The fourth-order valence-electron chi connectivity index (χ4n) is 2.51. The van der Waals surface area contributed by atoms with Crippen LogP contribution >= 0.6 is 47.8 Å². The largest absolute Gasteiger partial charge is 0.506 e. The number of rotatable bonds is 2. The summed E-state index contributed by atoms with van der Waals surface area (Å²) >= 11 is 9.86. The Balaban J connectivity index is 2.09. The van der Waals surface area contributed by atoms with Gasteiger partial charge in [0.1, 0.15) is 11.3 Å². The van der Waals surface area contributed by atoms with Crippen LogP contribution in [0.4, 0.5) is 10.5 Å². The summed E-state index contributed by atoms with van der Waals surface area (Å²) in [5, 5.41) is 12.3. The minimum absolute atomic E-state index is 0.130. The Hall–Kier alpha value is -1.97. The summed E-state index contributed by atoms with van der Waals surface area (Å²) in [5.74, 6) is -1.74. The zero-order valence-corrected chi connectivity index (χ0v) is 18.5. The van der Waals surface area contributed by atoms with Crippen molar-refractivity contribution in [2.75, 3.05) is 4.90 Å². The van der Waals surface area contributed by atoms with Crippen molar-refractivity contribution in [1.82, 2.24) is 5.32 Å². The number of aromatic hydroxyl groups is 1. The molecule has 1 aliphatic heterocycles. The number of phenolic OH excluding ortho intramolecular Hbond substituents is 1. The predicted molar refractivity (Wildman–Crippen MR) is 111 cm³/mol. The average Bonchev–Trinajstić information content (AvgIpc) is 2.58. The lowest BCUT2D eigenvalue weighted by atomic mass is 10.1. The second kappa shape index (κ2) is 7.57. The van der Waals surface area contributed by atoms with Gasteiger partial charge in [-0.3, -0.25) is 14.9 Å². The number of halogens is 3. The van der Waals surface area contributed by atoms with Crippen LogP contribution in [0.2, 0.25) is 0 Å². The Bertz CT molecular complexity index is 1030. The van der Waals surface area contributed by atoms with Crippen molar-refractivity contribution in [2.24, 2.45) is 0 Å². The summed E-state index contributed by atoms with van der Waals surface area (Å²) in [6, 6.07) is 7.31. The maximum atomic E-state index is 12.9. The van der Waals surface area contributed by atoms with Crippen molar-refractivity contribution < 1.29 is 19.5 Å². The average molecular weight is 559 g/mol. The first-order chi connectivity index (χ1) is 12.7. The van der Waals surface area contributed by atoms with E-state index in [0.29, 0.717) is 14.6 Å². The fraction of sp³-hybridized carbons (Fsp3) is 0.0556. The topological polar surface area (TPSA) is 86.7 Å². The third-order valence-electron chi connectivity index (χ3n) is 3.86. The van der Waals surface area contributed by atoms with Gasteiger partial charge in [-0.2, -0.15) is 0 Å². The predicted octanol–water partition coefficient (Wildman–Crippen LogP) is 4.65. The Morgan fingerprint density at radius 3 is 2.41 bits per heavy atom. The van der Waals surface area contributed by atoms with Gasteiger partial charge in [0.25, 0.3) is 11.8 Å². The number of benzene rings is 2. The first-order valence-electron chi connectivity index (χ1n) is 7.54. The molecule has 1 aliphatic rings. The van der Waals surface area contributed by atoms with Crippen LogP contribution in [0, 0.1) is 6.92 Å². The van der Waals surface area contributed by atoms with Crippen LogP contribution in [0.3, 0.4) is 0 Å². The van der Waals surface area contributed by atoms with E-state index in [-0.39, 0.29) is 16.9 Å². The van der Waals surface area contributed by atoms with E-state index >= 15 is 0 Å². The number of aryl methyl sites for hydroxylation is 1. The van der Waals surface area contributed by atoms with Gasteiger partial charge >= 0.3 is 6.03 Å². The summed E-state index contributed by atoms with van der Waals surface area (Å²) in [7, 11) is 0. The quantitative estimate of drug-likeness (QED) is 0.415. The van der Waals surface area contributed by atoms with Gasteiger partial charge in [-0.15, -0.1) is 0 Å². The Kier molecular flexibility index (Phi) is 5.55. The SMILES string of the molecule is Cc1cc(N2C(=O)NC(=O)/C(=C\c3cc(Br)cc(Br)c3O)C2=O)ccc1Br. The molecule has 2 N–H and O–H groups in total. The molecule has 1 fully saturated rings. The number of carbonyl (C=O) groups is 3. The van der Waals surface area contributed by atoms with Crippen LogP contribution in [0.25, 0.3) is 6.08 Å². The number of urea groups is 1. The molecule has 6 nitrogen and oxygen atoms in total. The number of carbonyl (C=O) groups excluding carboxylic acids is 3. The lowest BCUT2D eigenvalue weighted by molar-refractivity contribution is -0.122. The third-order valence-corrected chi connectivity index (χ3v) is 5.81. The van der Waals surface area contributed by atoms with E-state index in [2.05, 4.69) is 53.1 Å². The van der Waals surface area contributed by atoms with Crippen molar-refractivity contribution >= 4 is 77.4 Å². The Labute approximate surface area is 179 Å². The zero-order chi connectivity index (χ0) is 19.9. The molecule has 0 aliphatic carbocycles. The van der Waals surface area contributed by atoms with Gasteiger partial charge in [0.05, 0.1) is 10.2 Å². The maximum Gasteiger partial charge on any atom is 0.335 e. The van der Waals surface area contributed by atoms with E-state index in [4.69, 9.17) is 0 Å². The van der Waals surface area contributed by atoms with Crippen molar-refractivity contribution in [3.05, 3.63) is 60.5 Å². The fourth-order valence-corrected chi connectivity index (χ4v) is 4.02. The van der Waals surface area contributed by atoms with E-state index in [9.17, 15) is 19.5 Å². The molecule has 0 aromatic heterocycles. The minimum atomic E-state index is -0.830. The number of anilines is 1. The van der Waals surface area contributed by atoms with E-state index in [1.165, 1.54) is 6.08 Å². The summed E-state index contributed by atoms with van der Waals surface area (Å²) in [6.07, 6.45) is 1.24. The molecule has 1 heterocycles. The van der Waals surface area contributed by atoms with Crippen LogP contribution in [0.15, 0.2) is 49.3 Å². The first-order valence-corrected chi connectivity index (χ1v) is 9.92. The second-order valence-electron chi connectivity index (χ2n) is 5.72. The summed E-state index contributed by atoms with van der Waals surface area (Å²) in [6.45, 7) is 1.82. The number of barbiturate groups is 1. The summed E-state index contributed by atoms with van der Waals surface area (Å²) < 4.78 is 1.86. The molecule has 0 atom stereocenters. The number of nitrogens with one attached hydrogen (secondary N) is 1.